The summed E-state index contributed by atoms with van der Waals surface area (Å²) in [5.41, 5.74) is 0. The molecule has 0 amide bonds. The van der Waals surface area contributed by atoms with Crippen LogP contribution in [0.25, 0.3) is 0 Å². The Morgan fingerprint density at radius 3 is 1.13 bits per heavy atom. The molecule has 0 atom stereocenters. The molecule has 0 rings (SSSR count). The first-order valence-electron chi connectivity index (χ1n) is 6.18. The van der Waals surface area contributed by atoms with Crippen LogP contribution in [-0.2, 0) is 0 Å². The average molecular weight is 346 g/mol. The van der Waals surface area contributed by atoms with Crippen LogP contribution < -0.4 is 51.4 Å². The summed E-state index contributed by atoms with van der Waals surface area (Å²) in [5.74, 6) is 0. The third kappa shape index (κ3) is 16.4. The Bertz CT molecular complexity index is 82.6. The predicted molar refractivity (Wildman–Crippen MR) is 66.8 cm³/mol. The summed E-state index contributed by atoms with van der Waals surface area (Å²) in [6, 6.07) is 0. The third-order valence-electron chi connectivity index (χ3n) is 2.65. The van der Waals surface area contributed by atoms with Crippen molar-refractivity contribution in [2.75, 3.05) is 0 Å². The van der Waals surface area contributed by atoms with Crippen LogP contribution in [0.15, 0.2) is 0 Å². The monoisotopic (exact) mass is 347 g/mol. The van der Waals surface area contributed by atoms with Crippen LogP contribution in [-0.4, -0.2) is 25.2 Å². The molecule has 3 heteroatoms. The smallest absolute Gasteiger partial charge is 0.870 e. The minimum absolute atomic E-state index is 0. The van der Waals surface area contributed by atoms with E-state index in [2.05, 4.69) is 20.8 Å². The van der Waals surface area contributed by atoms with Gasteiger partial charge in [0, 0.05) is 0 Å². The molecule has 0 aromatic heterocycles. The van der Waals surface area contributed by atoms with Gasteiger partial charge in [-0.05, 0) is 0 Å². The van der Waals surface area contributed by atoms with Crippen molar-refractivity contribution < 1.29 is 56.9 Å². The number of hydrogen-bond acceptors (Lipinski definition) is 1. The van der Waals surface area contributed by atoms with E-state index in [4.69, 9.17) is 0 Å². The van der Waals surface area contributed by atoms with E-state index in [0.717, 1.165) is 0 Å². The largest absolute Gasteiger partial charge is 1.00 e. The SMILES string of the molecule is CCC[CH2][Sn]([CH2]CCC)[CH2]CCC.[K+].[OH-]. The molecule has 0 bridgehead atoms. The minimum atomic E-state index is -0.839. The Balaban J connectivity index is -0.000000720. The molecule has 1 radical (unpaired) electrons. The summed E-state index contributed by atoms with van der Waals surface area (Å²) in [6.45, 7) is 7.00. The van der Waals surface area contributed by atoms with Crippen molar-refractivity contribution in [3.05, 3.63) is 0 Å². The molecular formula is C12H28KOSn. The standard InChI is InChI=1S/3C4H9.K.H2O.Sn/c3*1-3-4-2;;;/h3*1,3-4H2,2H3;;1H2;/q;;;+1;;/p-1. The number of unbranched alkanes of at least 4 members (excludes halogenated alkanes) is 3. The zero-order valence-corrected chi connectivity index (χ0v) is 17.3. The molecule has 0 aromatic rings. The van der Waals surface area contributed by atoms with Crippen molar-refractivity contribution in [2.45, 2.75) is 72.6 Å². The van der Waals surface area contributed by atoms with E-state index in [-0.39, 0.29) is 56.9 Å². The summed E-state index contributed by atoms with van der Waals surface area (Å²) in [5, 5.41) is 0. The fourth-order valence-corrected chi connectivity index (χ4v) is 11.1. The van der Waals surface area contributed by atoms with Gasteiger partial charge in [-0.15, -0.1) is 0 Å². The summed E-state index contributed by atoms with van der Waals surface area (Å²) < 4.78 is 5.04. The zero-order valence-electron chi connectivity index (χ0n) is 11.3. The molecule has 1 N–H and O–H groups in total. The maximum atomic E-state index is 2.33. The second kappa shape index (κ2) is 18.8. The maximum Gasteiger partial charge on any atom is 1.00 e. The Labute approximate surface area is 147 Å². The Hall–Kier alpha value is 2.40. The topological polar surface area (TPSA) is 30.0 Å². The molecule has 0 aliphatic carbocycles. The summed E-state index contributed by atoms with van der Waals surface area (Å²) in [7, 11) is 0. The molecule has 0 spiro atoms. The molecule has 0 aromatic carbocycles. The normalized spacial score (nSPS) is 9.60. The second-order valence-corrected chi connectivity index (χ2v) is 12.6. The molecule has 0 saturated carbocycles. The second-order valence-electron chi connectivity index (χ2n) is 4.06. The van der Waals surface area contributed by atoms with Gasteiger partial charge in [0.1, 0.15) is 0 Å². The molecule has 0 aliphatic heterocycles. The molecule has 0 unspecified atom stereocenters. The first-order chi connectivity index (χ1) is 6.35. The quantitative estimate of drug-likeness (QED) is 0.585. The van der Waals surface area contributed by atoms with E-state index < -0.39 is 19.8 Å². The first kappa shape index (κ1) is 22.6. The van der Waals surface area contributed by atoms with Crippen molar-refractivity contribution in [2.24, 2.45) is 0 Å². The summed E-state index contributed by atoms with van der Waals surface area (Å²) >= 11 is -0.839. The molecule has 0 fully saturated rings. The van der Waals surface area contributed by atoms with Gasteiger partial charge in [-0.1, -0.05) is 0 Å². The van der Waals surface area contributed by atoms with Gasteiger partial charge in [0.25, 0.3) is 0 Å². The molecule has 0 heterocycles. The van der Waals surface area contributed by atoms with Crippen LogP contribution in [0, 0.1) is 0 Å². The van der Waals surface area contributed by atoms with Crippen LogP contribution >= 0.6 is 0 Å². The number of rotatable bonds is 9. The van der Waals surface area contributed by atoms with Crippen molar-refractivity contribution in [1.82, 2.24) is 0 Å². The predicted octanol–water partition coefficient (Wildman–Crippen LogP) is 1.71. The van der Waals surface area contributed by atoms with Crippen LogP contribution in [0.5, 0.6) is 0 Å². The molecule has 87 valence electrons. The zero-order chi connectivity index (χ0) is 9.94. The summed E-state index contributed by atoms with van der Waals surface area (Å²) in [6.07, 6.45) is 8.85. The Kier molecular flexibility index (Phi) is 28.2. The van der Waals surface area contributed by atoms with E-state index in [1.165, 1.54) is 38.5 Å². The molecule has 15 heavy (non-hydrogen) atoms. The minimum Gasteiger partial charge on any atom is -0.870 e. The summed E-state index contributed by atoms with van der Waals surface area (Å²) in [4.78, 5) is 0. The fourth-order valence-electron chi connectivity index (χ4n) is 1.66. The van der Waals surface area contributed by atoms with E-state index in [1.54, 1.807) is 13.3 Å². The van der Waals surface area contributed by atoms with Gasteiger partial charge in [0.05, 0.1) is 0 Å². The van der Waals surface area contributed by atoms with Crippen molar-refractivity contribution in [3.8, 4) is 0 Å². The third-order valence-corrected chi connectivity index (χ3v) is 11.7. The van der Waals surface area contributed by atoms with Crippen molar-refractivity contribution in [3.63, 3.8) is 0 Å². The molecule has 1 nitrogen and oxygen atoms in total. The maximum absolute atomic E-state index is 2.33. The van der Waals surface area contributed by atoms with Crippen LogP contribution in [0.2, 0.25) is 13.3 Å². The molecular weight excluding hydrogens is 318 g/mol. The molecule has 0 aliphatic rings. The van der Waals surface area contributed by atoms with Gasteiger partial charge in [-0.2, -0.15) is 0 Å². The average Bonchev–Trinajstić information content (AvgIpc) is 2.17. The fraction of sp³-hybridized carbons (Fsp3) is 1.00. The van der Waals surface area contributed by atoms with E-state index >= 15 is 0 Å². The van der Waals surface area contributed by atoms with Gasteiger partial charge in [-0.25, -0.2) is 0 Å². The Morgan fingerprint density at radius 1 is 0.667 bits per heavy atom. The van der Waals surface area contributed by atoms with Crippen LogP contribution in [0.1, 0.15) is 59.3 Å². The van der Waals surface area contributed by atoms with E-state index in [0.29, 0.717) is 0 Å². The van der Waals surface area contributed by atoms with E-state index in [9.17, 15) is 0 Å². The Morgan fingerprint density at radius 2 is 0.933 bits per heavy atom. The molecule has 0 saturated heterocycles. The van der Waals surface area contributed by atoms with E-state index in [1.807, 2.05) is 0 Å². The van der Waals surface area contributed by atoms with Gasteiger partial charge in [-0.3, -0.25) is 0 Å². The van der Waals surface area contributed by atoms with Crippen LogP contribution in [0.4, 0.5) is 0 Å². The van der Waals surface area contributed by atoms with Gasteiger partial charge in [0.15, 0.2) is 0 Å². The first-order valence-corrected chi connectivity index (χ1v) is 12.2. The van der Waals surface area contributed by atoms with Crippen molar-refractivity contribution in [1.29, 1.82) is 0 Å². The van der Waals surface area contributed by atoms with Gasteiger partial charge < -0.3 is 5.48 Å². The van der Waals surface area contributed by atoms with Crippen LogP contribution in [0.3, 0.4) is 0 Å². The number of hydrogen-bond donors (Lipinski definition) is 0. The van der Waals surface area contributed by atoms with Crippen molar-refractivity contribution >= 4 is 19.8 Å². The van der Waals surface area contributed by atoms with Gasteiger partial charge >= 0.3 is 144 Å². The van der Waals surface area contributed by atoms with Gasteiger partial charge in [0.2, 0.25) is 0 Å².